The highest BCUT2D eigenvalue weighted by Crippen LogP contribution is 2.35. The molecule has 2 aromatic carbocycles. The second-order valence-electron chi connectivity index (χ2n) is 6.06. The Bertz CT molecular complexity index is 965. The van der Waals surface area contributed by atoms with Gasteiger partial charge in [0.25, 0.3) is 0 Å². The van der Waals surface area contributed by atoms with Gasteiger partial charge in [-0.2, -0.15) is 0 Å². The number of aromatic amines is 2. The van der Waals surface area contributed by atoms with Crippen molar-refractivity contribution in [3.05, 3.63) is 72.1 Å². The number of fused-ring (bicyclic) bond motifs is 2. The molecule has 0 bridgehead atoms. The first kappa shape index (κ1) is 12.7. The van der Waals surface area contributed by atoms with Crippen molar-refractivity contribution in [3.8, 4) is 0 Å². The largest absolute Gasteiger partial charge is 0.361 e. The van der Waals surface area contributed by atoms with Crippen molar-refractivity contribution in [2.45, 2.75) is 0 Å². The summed E-state index contributed by atoms with van der Waals surface area (Å²) in [5.41, 5.74) is 7.80. The number of hydrogen-bond donors (Lipinski definition) is 3. The van der Waals surface area contributed by atoms with Gasteiger partial charge in [-0.05, 0) is 23.3 Å². The van der Waals surface area contributed by atoms with E-state index < -0.39 is 0 Å². The molecule has 3 heteroatoms. The van der Waals surface area contributed by atoms with Gasteiger partial charge in [-0.3, -0.25) is 0 Å². The Morgan fingerprint density at radius 1 is 0.609 bits per heavy atom. The molecule has 0 saturated carbocycles. The molecule has 112 valence electrons. The molecule has 3 nitrogen and oxygen atoms in total. The molecule has 0 saturated heterocycles. The van der Waals surface area contributed by atoms with E-state index in [1.807, 2.05) is 0 Å². The first-order valence-corrected chi connectivity index (χ1v) is 7.97. The molecular formula is C20H17N3. The summed E-state index contributed by atoms with van der Waals surface area (Å²) >= 11 is 0. The zero-order valence-electron chi connectivity index (χ0n) is 12.7. The van der Waals surface area contributed by atoms with Crippen LogP contribution in [-0.2, 0) is 0 Å². The second-order valence-corrected chi connectivity index (χ2v) is 6.06. The Hall–Kier alpha value is -2.78. The predicted octanol–water partition coefficient (Wildman–Crippen LogP) is 4.16. The molecule has 0 aliphatic carbocycles. The lowest BCUT2D eigenvalue weighted by Crippen LogP contribution is -2.08. The average Bonchev–Trinajstić information content (AvgIpc) is 3.31. The Morgan fingerprint density at radius 3 is 1.61 bits per heavy atom. The molecular weight excluding hydrogens is 282 g/mol. The molecule has 5 rings (SSSR count). The summed E-state index contributed by atoms with van der Waals surface area (Å²) in [5.74, 6) is 0. The fraction of sp³-hybridized carbons (Fsp3) is 0.100. The Kier molecular flexibility index (Phi) is 2.69. The number of benzene rings is 2. The lowest BCUT2D eigenvalue weighted by atomic mass is 9.96. The number of nitrogens with one attached hydrogen (secondary N) is 3. The Labute approximate surface area is 134 Å². The SMILES string of the molecule is c1ccc2c(C3=C(c4c[nH]c5ccccc45)CNC3)c[nH]c2c1. The Morgan fingerprint density at radius 2 is 1.09 bits per heavy atom. The van der Waals surface area contributed by atoms with Gasteiger partial charge in [-0.25, -0.2) is 0 Å². The topological polar surface area (TPSA) is 43.6 Å². The van der Waals surface area contributed by atoms with Crippen molar-refractivity contribution < 1.29 is 0 Å². The van der Waals surface area contributed by atoms with Crippen LogP contribution in [0.1, 0.15) is 11.1 Å². The molecule has 0 amide bonds. The summed E-state index contributed by atoms with van der Waals surface area (Å²) in [6, 6.07) is 17.0. The third-order valence-corrected chi connectivity index (χ3v) is 4.80. The molecule has 0 radical (unpaired) electrons. The van der Waals surface area contributed by atoms with Gasteiger partial charge in [0.05, 0.1) is 0 Å². The van der Waals surface area contributed by atoms with Crippen LogP contribution >= 0.6 is 0 Å². The summed E-state index contributed by atoms with van der Waals surface area (Å²) in [7, 11) is 0. The lowest BCUT2D eigenvalue weighted by Gasteiger charge is -2.05. The Balaban J connectivity index is 1.76. The summed E-state index contributed by atoms with van der Waals surface area (Å²) in [6.45, 7) is 1.83. The molecule has 3 heterocycles. The van der Waals surface area contributed by atoms with E-state index in [9.17, 15) is 0 Å². The molecule has 2 aromatic heterocycles. The van der Waals surface area contributed by atoms with E-state index in [4.69, 9.17) is 0 Å². The van der Waals surface area contributed by atoms with Gasteiger partial charge in [0.1, 0.15) is 0 Å². The van der Waals surface area contributed by atoms with Crippen LogP contribution in [0.2, 0.25) is 0 Å². The maximum absolute atomic E-state index is 3.53. The highest BCUT2D eigenvalue weighted by Gasteiger charge is 2.21. The van der Waals surface area contributed by atoms with Crippen LogP contribution in [0, 0.1) is 0 Å². The molecule has 1 aliphatic rings. The predicted molar refractivity (Wildman–Crippen MR) is 96.3 cm³/mol. The van der Waals surface area contributed by atoms with Gasteiger partial charge >= 0.3 is 0 Å². The van der Waals surface area contributed by atoms with Crippen molar-refractivity contribution in [3.63, 3.8) is 0 Å². The monoisotopic (exact) mass is 299 g/mol. The van der Waals surface area contributed by atoms with Crippen LogP contribution < -0.4 is 5.32 Å². The molecule has 0 spiro atoms. The van der Waals surface area contributed by atoms with Crippen LogP contribution in [0.4, 0.5) is 0 Å². The van der Waals surface area contributed by atoms with E-state index in [2.05, 4.69) is 76.2 Å². The van der Waals surface area contributed by atoms with E-state index in [0.29, 0.717) is 0 Å². The van der Waals surface area contributed by atoms with Crippen molar-refractivity contribution >= 4 is 33.0 Å². The minimum absolute atomic E-state index is 0.913. The number of hydrogen-bond acceptors (Lipinski definition) is 1. The number of rotatable bonds is 2. The fourth-order valence-electron chi connectivity index (χ4n) is 3.68. The lowest BCUT2D eigenvalue weighted by molar-refractivity contribution is 0.903. The molecule has 4 aromatic rings. The summed E-state index contributed by atoms with van der Waals surface area (Å²) < 4.78 is 0. The minimum atomic E-state index is 0.913. The van der Waals surface area contributed by atoms with Gasteiger partial charge < -0.3 is 15.3 Å². The van der Waals surface area contributed by atoms with Crippen LogP contribution in [0.5, 0.6) is 0 Å². The number of H-pyrrole nitrogens is 2. The van der Waals surface area contributed by atoms with Gasteiger partial charge in [0.15, 0.2) is 0 Å². The number of para-hydroxylation sites is 2. The molecule has 23 heavy (non-hydrogen) atoms. The van der Waals surface area contributed by atoms with E-state index in [1.54, 1.807) is 0 Å². The van der Waals surface area contributed by atoms with Crippen LogP contribution in [-0.4, -0.2) is 23.1 Å². The third kappa shape index (κ3) is 1.87. The van der Waals surface area contributed by atoms with E-state index in [1.165, 1.54) is 44.1 Å². The van der Waals surface area contributed by atoms with Crippen LogP contribution in [0.3, 0.4) is 0 Å². The van der Waals surface area contributed by atoms with Gasteiger partial charge in [-0.1, -0.05) is 36.4 Å². The first-order valence-electron chi connectivity index (χ1n) is 7.97. The van der Waals surface area contributed by atoms with E-state index in [0.717, 1.165) is 13.1 Å². The fourth-order valence-corrected chi connectivity index (χ4v) is 3.68. The van der Waals surface area contributed by atoms with Crippen LogP contribution in [0.25, 0.3) is 33.0 Å². The molecule has 0 unspecified atom stereocenters. The quantitative estimate of drug-likeness (QED) is 0.511. The first-order chi connectivity index (χ1) is 11.4. The molecule has 1 aliphatic heterocycles. The van der Waals surface area contributed by atoms with Gasteiger partial charge in [0.2, 0.25) is 0 Å². The van der Waals surface area contributed by atoms with E-state index >= 15 is 0 Å². The zero-order valence-corrected chi connectivity index (χ0v) is 12.7. The normalized spacial score (nSPS) is 15.1. The van der Waals surface area contributed by atoms with E-state index in [-0.39, 0.29) is 0 Å². The van der Waals surface area contributed by atoms with Crippen molar-refractivity contribution in [2.75, 3.05) is 13.1 Å². The van der Waals surface area contributed by atoms with Gasteiger partial charge in [-0.15, -0.1) is 0 Å². The third-order valence-electron chi connectivity index (χ3n) is 4.80. The van der Waals surface area contributed by atoms with Crippen molar-refractivity contribution in [1.82, 2.24) is 15.3 Å². The maximum Gasteiger partial charge on any atom is 0.0460 e. The van der Waals surface area contributed by atoms with Gasteiger partial charge in [0, 0.05) is 58.4 Å². The smallest absolute Gasteiger partial charge is 0.0460 e. The second kappa shape index (κ2) is 4.86. The standard InChI is InChI=1S/C20H17N3/c1-3-7-19-13(5-1)17(11-22-19)15-9-21-10-16(15)18-12-23-20-8-4-2-6-14(18)20/h1-8,11-12,21-23H,9-10H2. The highest BCUT2D eigenvalue weighted by molar-refractivity contribution is 6.07. The van der Waals surface area contributed by atoms with Crippen molar-refractivity contribution in [1.29, 1.82) is 0 Å². The summed E-state index contributed by atoms with van der Waals surface area (Å²) in [6.07, 6.45) is 4.28. The van der Waals surface area contributed by atoms with Crippen LogP contribution in [0.15, 0.2) is 60.9 Å². The maximum atomic E-state index is 3.53. The molecule has 3 N–H and O–H groups in total. The number of aromatic nitrogens is 2. The van der Waals surface area contributed by atoms with Crippen molar-refractivity contribution in [2.24, 2.45) is 0 Å². The molecule has 0 fully saturated rings. The summed E-state index contributed by atoms with van der Waals surface area (Å²) in [5, 5.41) is 6.12. The minimum Gasteiger partial charge on any atom is -0.361 e. The average molecular weight is 299 g/mol. The zero-order chi connectivity index (χ0) is 15.2. The molecule has 0 atom stereocenters. The summed E-state index contributed by atoms with van der Waals surface area (Å²) in [4.78, 5) is 6.80. The highest BCUT2D eigenvalue weighted by atomic mass is 14.9.